The van der Waals surface area contributed by atoms with Crippen LogP contribution in [0.4, 0.5) is 0 Å². The number of benzene rings is 3. The molecule has 0 saturated heterocycles. The first-order chi connectivity index (χ1) is 18.4. The number of hydrogen-bond donors (Lipinski definition) is 0. The third-order valence-electron chi connectivity index (χ3n) is 6.71. The van der Waals surface area contributed by atoms with Crippen molar-refractivity contribution in [1.29, 1.82) is 0 Å². The van der Waals surface area contributed by atoms with Gasteiger partial charge in [0.15, 0.2) is 11.5 Å². The van der Waals surface area contributed by atoms with Gasteiger partial charge in [-0.15, -0.1) is 0 Å². The van der Waals surface area contributed by atoms with Crippen LogP contribution in [-0.4, -0.2) is 23.0 Å². The Bertz CT molecular complexity index is 1570. The summed E-state index contributed by atoms with van der Waals surface area (Å²) in [5, 5.41) is 5.82. The Labute approximate surface area is 242 Å². The molecule has 196 valence electrons. The Hall–Kier alpha value is -2.68. The van der Waals surface area contributed by atoms with Crippen molar-refractivity contribution in [1.82, 2.24) is 9.66 Å². The van der Waals surface area contributed by atoms with Crippen molar-refractivity contribution in [2.24, 2.45) is 5.10 Å². The Morgan fingerprint density at radius 1 is 1.11 bits per heavy atom. The van der Waals surface area contributed by atoms with Gasteiger partial charge in [-0.25, -0.2) is 4.98 Å². The maximum Gasteiger partial charge on any atom is 0.282 e. The number of hydrogen-bond acceptors (Lipinski definition) is 5. The third kappa shape index (κ3) is 5.82. The second kappa shape index (κ2) is 12.0. The van der Waals surface area contributed by atoms with E-state index in [1.54, 1.807) is 19.4 Å². The molecule has 4 aromatic rings. The molecular formula is C29H26Br2ClN3O3. The largest absolute Gasteiger partial charge is 0.493 e. The van der Waals surface area contributed by atoms with E-state index in [1.807, 2.05) is 48.5 Å². The zero-order chi connectivity index (χ0) is 26.6. The number of halogens is 3. The van der Waals surface area contributed by atoms with Gasteiger partial charge in [-0.05, 0) is 70.7 Å². The predicted molar refractivity (Wildman–Crippen MR) is 159 cm³/mol. The number of fused-ring (bicyclic) bond motifs is 1. The molecule has 1 aliphatic carbocycles. The highest BCUT2D eigenvalue weighted by Gasteiger charge is 2.22. The minimum absolute atomic E-state index is 0.182. The van der Waals surface area contributed by atoms with Crippen LogP contribution < -0.4 is 15.0 Å². The second-order valence-corrected chi connectivity index (χ2v) is 11.4. The van der Waals surface area contributed by atoms with E-state index in [9.17, 15) is 4.79 Å². The molecule has 0 spiro atoms. The van der Waals surface area contributed by atoms with E-state index in [0.29, 0.717) is 44.3 Å². The van der Waals surface area contributed by atoms with E-state index in [1.165, 1.54) is 11.1 Å². The Balaban J connectivity index is 1.50. The first-order valence-corrected chi connectivity index (χ1v) is 14.4. The monoisotopic (exact) mass is 657 g/mol. The highest BCUT2D eigenvalue weighted by atomic mass is 79.9. The summed E-state index contributed by atoms with van der Waals surface area (Å²) in [4.78, 5) is 18.5. The van der Waals surface area contributed by atoms with E-state index >= 15 is 0 Å². The smallest absolute Gasteiger partial charge is 0.282 e. The fourth-order valence-corrected chi connectivity index (χ4v) is 5.87. The Kier molecular flexibility index (Phi) is 8.51. The highest BCUT2D eigenvalue weighted by molar-refractivity contribution is 9.10. The highest BCUT2D eigenvalue weighted by Crippen LogP contribution is 2.37. The van der Waals surface area contributed by atoms with Gasteiger partial charge >= 0.3 is 0 Å². The van der Waals surface area contributed by atoms with Crippen molar-refractivity contribution < 1.29 is 9.47 Å². The van der Waals surface area contributed by atoms with Crippen LogP contribution in [0.5, 0.6) is 11.5 Å². The maximum absolute atomic E-state index is 13.6. The maximum atomic E-state index is 13.6. The third-order valence-corrected chi connectivity index (χ3v) is 8.16. The van der Waals surface area contributed by atoms with Crippen LogP contribution in [0.25, 0.3) is 10.9 Å². The molecule has 1 aliphatic rings. The van der Waals surface area contributed by atoms with Gasteiger partial charge < -0.3 is 9.47 Å². The van der Waals surface area contributed by atoms with E-state index in [2.05, 4.69) is 37.0 Å². The summed E-state index contributed by atoms with van der Waals surface area (Å²) in [6.45, 7) is 0.292. The Morgan fingerprint density at radius 3 is 2.66 bits per heavy atom. The quantitative estimate of drug-likeness (QED) is 0.188. The molecular weight excluding hydrogens is 634 g/mol. The molecule has 0 amide bonds. The normalized spacial score (nSPS) is 14.3. The summed E-state index contributed by atoms with van der Waals surface area (Å²) in [5.74, 6) is 2.00. The van der Waals surface area contributed by atoms with E-state index in [4.69, 9.17) is 26.1 Å². The van der Waals surface area contributed by atoms with Gasteiger partial charge in [0.25, 0.3) is 5.56 Å². The summed E-state index contributed by atoms with van der Waals surface area (Å²) in [6, 6.07) is 16.8. The van der Waals surface area contributed by atoms with Crippen molar-refractivity contribution in [3.63, 3.8) is 0 Å². The molecule has 1 aromatic heterocycles. The second-order valence-electron chi connectivity index (χ2n) is 9.24. The fourth-order valence-electron chi connectivity index (χ4n) is 4.75. The van der Waals surface area contributed by atoms with Gasteiger partial charge in [-0.3, -0.25) is 4.79 Å². The molecule has 1 saturated carbocycles. The van der Waals surface area contributed by atoms with Crippen molar-refractivity contribution in [2.45, 2.75) is 44.6 Å². The molecule has 1 heterocycles. The van der Waals surface area contributed by atoms with Gasteiger partial charge in [0.05, 0.1) is 28.7 Å². The zero-order valence-corrected chi connectivity index (χ0v) is 24.7. The topological polar surface area (TPSA) is 65.7 Å². The summed E-state index contributed by atoms with van der Waals surface area (Å²) in [7, 11) is 1.59. The van der Waals surface area contributed by atoms with Crippen LogP contribution in [0.15, 0.2) is 73.4 Å². The van der Waals surface area contributed by atoms with Gasteiger partial charge in [-0.1, -0.05) is 65.0 Å². The molecule has 0 aliphatic heterocycles. The van der Waals surface area contributed by atoms with Crippen LogP contribution in [0.2, 0.25) is 5.02 Å². The van der Waals surface area contributed by atoms with Crippen LogP contribution in [0.1, 0.15) is 55.0 Å². The first kappa shape index (κ1) is 26.9. The fraction of sp³-hybridized carbons (Fsp3) is 0.276. The van der Waals surface area contributed by atoms with Gasteiger partial charge in [0.1, 0.15) is 12.4 Å². The summed E-state index contributed by atoms with van der Waals surface area (Å²) >= 11 is 13.4. The average molecular weight is 660 g/mol. The minimum atomic E-state index is -0.182. The molecule has 38 heavy (non-hydrogen) atoms. The average Bonchev–Trinajstić information content (AvgIpc) is 2.93. The molecule has 6 nitrogen and oxygen atoms in total. The standard InChI is InChI=1S/C29H26Br2ClN3O3/c1-37-26-14-18(13-23(31)27(26)38-17-20-9-5-6-10-24(20)32)16-33-35-28(19-7-3-2-4-8-19)34-25-12-11-21(30)15-22(25)29(35)36/h5-6,9-16,19H,2-4,7-8,17H2,1H3. The van der Waals surface area contributed by atoms with Crippen LogP contribution in [-0.2, 0) is 6.61 Å². The van der Waals surface area contributed by atoms with Crippen molar-refractivity contribution in [2.75, 3.05) is 7.11 Å². The molecule has 1 fully saturated rings. The number of rotatable bonds is 7. The SMILES string of the molecule is COc1cc(C=Nn2c(C3CCCCC3)nc3ccc(Br)cc3c2=O)cc(Br)c1OCc1ccccc1Cl. The lowest BCUT2D eigenvalue weighted by atomic mass is 9.88. The molecule has 0 radical (unpaired) electrons. The first-order valence-electron chi connectivity index (χ1n) is 12.4. The van der Waals surface area contributed by atoms with Gasteiger partial charge in [0.2, 0.25) is 0 Å². The van der Waals surface area contributed by atoms with Crippen molar-refractivity contribution in [3.8, 4) is 11.5 Å². The van der Waals surface area contributed by atoms with Gasteiger partial charge in [0, 0.05) is 21.0 Å². The van der Waals surface area contributed by atoms with Crippen LogP contribution >= 0.6 is 43.5 Å². The molecule has 0 unspecified atom stereocenters. The lowest BCUT2D eigenvalue weighted by Gasteiger charge is -2.22. The molecule has 0 N–H and O–H groups in total. The van der Waals surface area contributed by atoms with Gasteiger partial charge in [-0.2, -0.15) is 9.78 Å². The number of aromatic nitrogens is 2. The molecule has 9 heteroatoms. The lowest BCUT2D eigenvalue weighted by Crippen LogP contribution is -2.25. The number of ether oxygens (including phenoxy) is 2. The minimum Gasteiger partial charge on any atom is -0.493 e. The molecule has 0 atom stereocenters. The van der Waals surface area contributed by atoms with Crippen molar-refractivity contribution in [3.05, 3.63) is 95.9 Å². The molecule has 0 bridgehead atoms. The van der Waals surface area contributed by atoms with Crippen LogP contribution in [0.3, 0.4) is 0 Å². The molecule has 3 aromatic carbocycles. The zero-order valence-electron chi connectivity index (χ0n) is 20.8. The summed E-state index contributed by atoms with van der Waals surface area (Å²) in [6.07, 6.45) is 7.13. The summed E-state index contributed by atoms with van der Waals surface area (Å²) < 4.78 is 14.7. The summed E-state index contributed by atoms with van der Waals surface area (Å²) in [5.41, 5.74) is 2.13. The predicted octanol–water partition coefficient (Wildman–Crippen LogP) is 8.09. The molecule has 5 rings (SSSR count). The van der Waals surface area contributed by atoms with E-state index in [0.717, 1.165) is 41.3 Å². The lowest BCUT2D eigenvalue weighted by molar-refractivity contribution is 0.282. The van der Waals surface area contributed by atoms with E-state index < -0.39 is 0 Å². The van der Waals surface area contributed by atoms with E-state index in [-0.39, 0.29) is 11.5 Å². The van der Waals surface area contributed by atoms with Crippen molar-refractivity contribution >= 4 is 60.6 Å². The Morgan fingerprint density at radius 2 is 1.89 bits per heavy atom. The number of nitrogens with zero attached hydrogens (tertiary/aromatic N) is 3. The number of methoxy groups -OCH3 is 1. The van der Waals surface area contributed by atoms with Crippen LogP contribution in [0, 0.1) is 0 Å².